The molecule has 2 unspecified atom stereocenters. The second-order valence-electron chi connectivity index (χ2n) is 6.29. The van der Waals surface area contributed by atoms with Crippen LogP contribution in [0.25, 0.3) is 0 Å². The van der Waals surface area contributed by atoms with E-state index in [2.05, 4.69) is 4.74 Å². The van der Waals surface area contributed by atoms with Gasteiger partial charge in [-0.05, 0) is 50.4 Å². The molecule has 4 saturated carbocycles. The molecule has 4 nitrogen and oxygen atoms in total. The van der Waals surface area contributed by atoms with Gasteiger partial charge in [0.1, 0.15) is 0 Å². The molecule has 0 spiro atoms. The lowest BCUT2D eigenvalue weighted by Gasteiger charge is -2.59. The van der Waals surface area contributed by atoms with Crippen LogP contribution < -0.4 is 0 Å². The molecule has 17 heavy (non-hydrogen) atoms. The first-order valence-corrected chi connectivity index (χ1v) is 6.32. The quantitative estimate of drug-likeness (QED) is 0.579. The summed E-state index contributed by atoms with van der Waals surface area (Å²) >= 11 is 0. The smallest absolute Gasteiger partial charge is 0.374 e. The van der Waals surface area contributed by atoms with E-state index in [0.717, 1.165) is 32.1 Å². The van der Waals surface area contributed by atoms with E-state index in [-0.39, 0.29) is 0 Å². The molecule has 4 heteroatoms. The molecular formula is C13H18O4. The van der Waals surface area contributed by atoms with Gasteiger partial charge in [-0.2, -0.15) is 0 Å². The van der Waals surface area contributed by atoms with E-state index in [1.165, 1.54) is 7.11 Å². The summed E-state index contributed by atoms with van der Waals surface area (Å²) in [5.74, 6) is -0.326. The van der Waals surface area contributed by atoms with Crippen LogP contribution in [-0.4, -0.2) is 29.6 Å². The van der Waals surface area contributed by atoms with Gasteiger partial charge in [-0.15, -0.1) is 0 Å². The minimum Gasteiger partial charge on any atom is -0.463 e. The highest BCUT2D eigenvalue weighted by molar-refractivity contribution is 6.35. The first-order chi connectivity index (χ1) is 7.96. The maximum Gasteiger partial charge on any atom is 0.374 e. The molecule has 0 radical (unpaired) electrons. The second kappa shape index (κ2) is 3.31. The lowest BCUT2D eigenvalue weighted by atomic mass is 9.47. The lowest BCUT2D eigenvalue weighted by Crippen LogP contribution is -2.59. The maximum absolute atomic E-state index is 12.2. The summed E-state index contributed by atoms with van der Waals surface area (Å²) in [6.07, 6.45) is 4.71. The Labute approximate surface area is 100 Å². The van der Waals surface area contributed by atoms with Crippen molar-refractivity contribution in [2.75, 3.05) is 7.11 Å². The summed E-state index contributed by atoms with van der Waals surface area (Å²) in [5, 5.41) is 10.5. The monoisotopic (exact) mass is 240 g/mol. The van der Waals surface area contributed by atoms with Crippen molar-refractivity contribution in [2.24, 2.45) is 17.3 Å². The van der Waals surface area contributed by atoms with Crippen LogP contribution in [0.2, 0.25) is 0 Å². The van der Waals surface area contributed by atoms with Crippen molar-refractivity contribution >= 4 is 11.8 Å². The molecule has 0 saturated heterocycles. The highest BCUT2D eigenvalue weighted by atomic mass is 16.8. The van der Waals surface area contributed by atoms with E-state index in [1.807, 2.05) is 0 Å². The van der Waals surface area contributed by atoms with Gasteiger partial charge in [0.2, 0.25) is 5.78 Å². The van der Waals surface area contributed by atoms with Crippen molar-refractivity contribution in [1.29, 1.82) is 0 Å². The predicted octanol–water partition coefficient (Wildman–Crippen LogP) is 1.06. The Hall–Kier alpha value is -0.900. The van der Waals surface area contributed by atoms with Gasteiger partial charge in [0.25, 0.3) is 0 Å². The Morgan fingerprint density at radius 1 is 1.29 bits per heavy atom. The maximum atomic E-state index is 12.2. The summed E-state index contributed by atoms with van der Waals surface area (Å²) in [5.41, 5.74) is -1.32. The van der Waals surface area contributed by atoms with Crippen molar-refractivity contribution in [3.8, 4) is 0 Å². The molecule has 4 bridgehead atoms. The zero-order valence-electron chi connectivity index (χ0n) is 10.1. The Bertz CT molecular complexity index is 373. The van der Waals surface area contributed by atoms with Crippen LogP contribution in [-0.2, 0) is 14.3 Å². The molecule has 4 fully saturated rings. The van der Waals surface area contributed by atoms with Crippen LogP contribution in [0.5, 0.6) is 0 Å². The molecule has 4 aliphatic rings. The minimum atomic E-state index is -0.740. The Kier molecular flexibility index (Phi) is 2.18. The van der Waals surface area contributed by atoms with Crippen molar-refractivity contribution in [3.05, 3.63) is 0 Å². The average molecular weight is 240 g/mol. The van der Waals surface area contributed by atoms with Gasteiger partial charge >= 0.3 is 5.97 Å². The molecule has 4 aliphatic carbocycles. The number of carbonyl (C=O) groups is 2. The normalized spacial score (nSPS) is 46.9. The first kappa shape index (κ1) is 11.2. The van der Waals surface area contributed by atoms with Crippen molar-refractivity contribution in [3.63, 3.8) is 0 Å². The zero-order chi connectivity index (χ0) is 12.3. The van der Waals surface area contributed by atoms with Gasteiger partial charge in [0.05, 0.1) is 12.7 Å². The highest BCUT2D eigenvalue weighted by Crippen LogP contribution is 2.61. The number of hydrogen-bond acceptors (Lipinski definition) is 4. The van der Waals surface area contributed by atoms with Crippen molar-refractivity contribution in [1.82, 2.24) is 0 Å². The Morgan fingerprint density at radius 3 is 2.35 bits per heavy atom. The van der Waals surface area contributed by atoms with E-state index < -0.39 is 22.8 Å². The Morgan fingerprint density at radius 2 is 1.88 bits per heavy atom. The van der Waals surface area contributed by atoms with Crippen LogP contribution in [0.4, 0.5) is 0 Å². The van der Waals surface area contributed by atoms with Crippen LogP contribution >= 0.6 is 0 Å². The lowest BCUT2D eigenvalue weighted by molar-refractivity contribution is -0.183. The summed E-state index contributed by atoms with van der Waals surface area (Å²) in [6, 6.07) is 0. The molecule has 0 amide bonds. The summed E-state index contributed by atoms with van der Waals surface area (Å²) in [4.78, 5) is 23.7. The molecule has 0 aromatic carbocycles. The van der Waals surface area contributed by atoms with Gasteiger partial charge in [-0.3, -0.25) is 4.79 Å². The summed E-state index contributed by atoms with van der Waals surface area (Å²) in [7, 11) is 1.25. The second-order valence-corrected chi connectivity index (χ2v) is 6.29. The molecule has 4 atom stereocenters. The van der Waals surface area contributed by atoms with Gasteiger partial charge in [0.15, 0.2) is 0 Å². The number of Topliss-reactive ketones (excluding diaryl/α,β-unsaturated/α-hetero) is 1. The molecule has 0 aromatic rings. The predicted molar refractivity (Wildman–Crippen MR) is 59.1 cm³/mol. The SMILES string of the molecule is CO[14C](=O)C(=O)C12C[C@@H]3C[C@@H](CC(O)(C3)C1)C2. The van der Waals surface area contributed by atoms with Crippen LogP contribution in [0.15, 0.2) is 0 Å². The van der Waals surface area contributed by atoms with Crippen LogP contribution in [0.3, 0.4) is 0 Å². The third kappa shape index (κ3) is 1.53. The van der Waals surface area contributed by atoms with Gasteiger partial charge in [0, 0.05) is 5.41 Å². The third-order valence-corrected chi connectivity index (χ3v) is 4.88. The van der Waals surface area contributed by atoms with Gasteiger partial charge in [-0.25, -0.2) is 4.79 Å². The first-order valence-electron chi connectivity index (χ1n) is 6.32. The molecule has 0 heterocycles. The molecule has 4 rings (SSSR count). The van der Waals surface area contributed by atoms with E-state index in [9.17, 15) is 14.7 Å². The summed E-state index contributed by atoms with van der Waals surface area (Å²) < 4.78 is 4.56. The fourth-order valence-electron chi connectivity index (χ4n) is 4.79. The van der Waals surface area contributed by atoms with Crippen molar-refractivity contribution < 1.29 is 19.4 Å². The fraction of sp³-hybridized carbons (Fsp3) is 0.846. The van der Waals surface area contributed by atoms with Gasteiger partial charge in [-0.1, -0.05) is 0 Å². The number of carbonyl (C=O) groups excluding carboxylic acids is 2. The zero-order valence-corrected chi connectivity index (χ0v) is 10.1. The summed E-state index contributed by atoms with van der Waals surface area (Å²) in [6.45, 7) is 0. The van der Waals surface area contributed by atoms with E-state index >= 15 is 0 Å². The average Bonchev–Trinajstić information content (AvgIpc) is 2.23. The minimum absolute atomic E-state index is 0.410. The Balaban J connectivity index is 1.93. The molecular weight excluding hydrogens is 222 g/mol. The number of ketones is 1. The van der Waals surface area contributed by atoms with E-state index in [0.29, 0.717) is 18.3 Å². The van der Waals surface area contributed by atoms with Gasteiger partial charge < -0.3 is 9.84 Å². The highest BCUT2D eigenvalue weighted by Gasteiger charge is 2.61. The molecule has 1 N–H and O–H groups in total. The standard InChI is InChI=1S/C13H18O4/c1-17-11(15)10(14)12-3-8-2-9(4-12)6-13(16,5-8)7-12/h8-9,16H,2-7H2,1H3/t8-,9+,12?,13?/i11+2. The van der Waals surface area contributed by atoms with Crippen LogP contribution in [0, 0.1) is 17.3 Å². The number of aliphatic hydroxyl groups is 1. The number of ether oxygens (including phenoxy) is 1. The van der Waals surface area contributed by atoms with Crippen LogP contribution in [0.1, 0.15) is 38.5 Å². The molecule has 0 aromatic heterocycles. The number of hydrogen-bond donors (Lipinski definition) is 1. The van der Waals surface area contributed by atoms with E-state index in [1.54, 1.807) is 0 Å². The number of methoxy groups -OCH3 is 1. The molecule has 94 valence electrons. The fourth-order valence-corrected chi connectivity index (χ4v) is 4.79. The van der Waals surface area contributed by atoms with E-state index in [4.69, 9.17) is 0 Å². The largest absolute Gasteiger partial charge is 0.463 e. The third-order valence-electron chi connectivity index (χ3n) is 4.88. The topological polar surface area (TPSA) is 63.6 Å². The number of esters is 1. The van der Waals surface area contributed by atoms with Crippen molar-refractivity contribution in [2.45, 2.75) is 44.1 Å². The number of rotatable bonds is 2. The molecule has 0 aliphatic heterocycles.